The fourth-order valence-corrected chi connectivity index (χ4v) is 2.59. The third-order valence-electron chi connectivity index (χ3n) is 2.93. The highest BCUT2D eigenvalue weighted by molar-refractivity contribution is 9.10. The van der Waals surface area contributed by atoms with Gasteiger partial charge in [-0.2, -0.15) is 0 Å². The van der Waals surface area contributed by atoms with Crippen molar-refractivity contribution in [3.8, 4) is 0 Å². The van der Waals surface area contributed by atoms with E-state index in [0.717, 1.165) is 8.95 Å². The summed E-state index contributed by atoms with van der Waals surface area (Å²) in [5.41, 5.74) is 0.727. The molecule has 0 unspecified atom stereocenters. The maximum Gasteiger partial charge on any atom is 0.338 e. The molecule has 2 aromatic rings. The lowest BCUT2D eigenvalue weighted by Gasteiger charge is -2.12. The summed E-state index contributed by atoms with van der Waals surface area (Å²) in [5, 5.41) is 9.78. The molecule has 0 amide bonds. The Morgan fingerprint density at radius 2 is 1.29 bits per heavy atom. The van der Waals surface area contributed by atoms with Crippen LogP contribution in [0.5, 0.6) is 0 Å². The second-order valence-corrected chi connectivity index (χ2v) is 6.70. The summed E-state index contributed by atoms with van der Waals surface area (Å²) in [4.78, 5) is 23.7. The van der Waals surface area contributed by atoms with Crippen LogP contribution in [0.15, 0.2) is 57.5 Å². The molecule has 0 aromatic heterocycles. The van der Waals surface area contributed by atoms with Crippen molar-refractivity contribution in [2.75, 3.05) is 13.2 Å². The second kappa shape index (κ2) is 8.96. The van der Waals surface area contributed by atoms with Crippen molar-refractivity contribution in [1.29, 1.82) is 0 Å². The lowest BCUT2D eigenvalue weighted by Crippen LogP contribution is -2.25. The molecule has 1 N–H and O–H groups in total. The van der Waals surface area contributed by atoms with Gasteiger partial charge < -0.3 is 14.6 Å². The third-order valence-corrected chi connectivity index (χ3v) is 3.92. The minimum atomic E-state index is -1.10. The molecule has 0 atom stereocenters. The number of ether oxygens (including phenoxy) is 2. The van der Waals surface area contributed by atoms with Crippen LogP contribution in [-0.2, 0) is 9.47 Å². The van der Waals surface area contributed by atoms with E-state index >= 15 is 0 Å². The van der Waals surface area contributed by atoms with Crippen molar-refractivity contribution in [2.45, 2.75) is 6.10 Å². The van der Waals surface area contributed by atoms with Crippen LogP contribution in [0.2, 0.25) is 0 Å². The van der Waals surface area contributed by atoms with E-state index in [0.29, 0.717) is 11.1 Å². The third kappa shape index (κ3) is 5.74. The lowest BCUT2D eigenvalue weighted by molar-refractivity contribution is -0.00470. The molecule has 0 fully saturated rings. The van der Waals surface area contributed by atoms with Crippen LogP contribution in [-0.4, -0.2) is 36.4 Å². The first-order valence-corrected chi connectivity index (χ1v) is 8.58. The van der Waals surface area contributed by atoms with Crippen LogP contribution in [0.4, 0.5) is 0 Å². The summed E-state index contributed by atoms with van der Waals surface area (Å²) < 4.78 is 11.5. The van der Waals surface area contributed by atoms with Gasteiger partial charge in [0.05, 0.1) is 11.1 Å². The maximum atomic E-state index is 11.8. The molecule has 0 radical (unpaired) electrons. The number of carbonyl (C=O) groups is 2. The van der Waals surface area contributed by atoms with Gasteiger partial charge in [0.25, 0.3) is 0 Å². The number of rotatable bonds is 6. The number of aliphatic hydroxyl groups is 1. The minimum absolute atomic E-state index is 0.267. The van der Waals surface area contributed by atoms with Gasteiger partial charge in [0.2, 0.25) is 0 Å². The average Bonchev–Trinajstić information content (AvgIpc) is 2.57. The Morgan fingerprint density at radius 1 is 0.875 bits per heavy atom. The molecular weight excluding hydrogens is 444 g/mol. The van der Waals surface area contributed by atoms with Crippen LogP contribution >= 0.6 is 31.9 Å². The van der Waals surface area contributed by atoms with Gasteiger partial charge in [-0.05, 0) is 36.4 Å². The second-order valence-electron chi connectivity index (χ2n) is 4.87. The molecule has 126 valence electrons. The molecule has 0 spiro atoms. The van der Waals surface area contributed by atoms with Gasteiger partial charge in [-0.25, -0.2) is 9.59 Å². The van der Waals surface area contributed by atoms with Gasteiger partial charge in [0, 0.05) is 8.95 Å². The van der Waals surface area contributed by atoms with Gasteiger partial charge in [0.1, 0.15) is 19.3 Å². The smallest absolute Gasteiger partial charge is 0.338 e. The zero-order chi connectivity index (χ0) is 17.5. The van der Waals surface area contributed by atoms with E-state index in [2.05, 4.69) is 31.9 Å². The summed E-state index contributed by atoms with van der Waals surface area (Å²) in [6, 6.07) is 13.4. The first kappa shape index (κ1) is 18.6. The van der Waals surface area contributed by atoms with E-state index in [1.54, 1.807) is 48.5 Å². The first-order valence-electron chi connectivity index (χ1n) is 6.99. The predicted octanol–water partition coefficient (Wildman–Crippen LogP) is 3.59. The minimum Gasteiger partial charge on any atom is -0.459 e. The monoisotopic (exact) mass is 456 g/mol. The van der Waals surface area contributed by atoms with Gasteiger partial charge in [-0.15, -0.1) is 0 Å². The van der Waals surface area contributed by atoms with E-state index in [9.17, 15) is 14.7 Å². The number of benzene rings is 2. The summed E-state index contributed by atoms with van der Waals surface area (Å²) in [6.07, 6.45) is -1.10. The van der Waals surface area contributed by atoms with Crippen molar-refractivity contribution in [3.05, 3.63) is 68.6 Å². The molecular formula is C17H14Br2O5. The van der Waals surface area contributed by atoms with Crippen molar-refractivity contribution in [1.82, 2.24) is 0 Å². The number of aliphatic hydroxyl groups excluding tert-OH is 1. The zero-order valence-electron chi connectivity index (χ0n) is 12.4. The zero-order valence-corrected chi connectivity index (χ0v) is 15.6. The molecule has 0 bridgehead atoms. The van der Waals surface area contributed by atoms with Gasteiger partial charge in [-0.1, -0.05) is 44.0 Å². The molecule has 2 rings (SSSR count). The summed E-state index contributed by atoms with van der Waals surface area (Å²) in [5.74, 6) is -1.12. The number of carbonyl (C=O) groups excluding carboxylic acids is 2. The van der Waals surface area contributed by atoms with Crippen LogP contribution in [0.1, 0.15) is 20.7 Å². The Balaban J connectivity index is 1.78. The fourth-order valence-electron chi connectivity index (χ4n) is 1.79. The molecule has 7 heteroatoms. The van der Waals surface area contributed by atoms with E-state index in [1.165, 1.54) is 0 Å². The Kier molecular flexibility index (Phi) is 6.96. The van der Waals surface area contributed by atoms with Crippen molar-refractivity contribution in [2.24, 2.45) is 0 Å². The Labute approximate surface area is 155 Å². The molecule has 0 saturated carbocycles. The topological polar surface area (TPSA) is 72.8 Å². The normalized spacial score (nSPS) is 10.5. The maximum absolute atomic E-state index is 11.8. The fraction of sp³-hybridized carbons (Fsp3) is 0.176. The highest BCUT2D eigenvalue weighted by atomic mass is 79.9. The van der Waals surface area contributed by atoms with Crippen molar-refractivity contribution >= 4 is 43.8 Å². The average molecular weight is 458 g/mol. The van der Waals surface area contributed by atoms with E-state index in [4.69, 9.17) is 9.47 Å². The van der Waals surface area contributed by atoms with Gasteiger partial charge >= 0.3 is 11.9 Å². The van der Waals surface area contributed by atoms with Gasteiger partial charge in [-0.3, -0.25) is 0 Å². The quantitative estimate of drug-likeness (QED) is 0.671. The molecule has 2 aromatic carbocycles. The SMILES string of the molecule is O=C(OCC(O)COC(=O)c1cccc(Br)c1)c1cccc(Br)c1. The standard InChI is InChI=1S/C17H14Br2O5/c18-13-5-1-3-11(7-13)16(21)23-9-15(20)10-24-17(22)12-4-2-6-14(19)8-12/h1-8,15,20H,9-10H2. The molecule has 0 aliphatic rings. The Hall–Kier alpha value is -1.70. The molecule has 0 aliphatic heterocycles. The van der Waals surface area contributed by atoms with Crippen LogP contribution in [0.3, 0.4) is 0 Å². The highest BCUT2D eigenvalue weighted by Crippen LogP contribution is 2.13. The number of hydrogen-bond donors (Lipinski definition) is 1. The summed E-state index contributed by atoms with van der Waals surface area (Å²) >= 11 is 6.52. The predicted molar refractivity (Wildman–Crippen MR) is 94.9 cm³/mol. The Morgan fingerprint density at radius 3 is 1.67 bits per heavy atom. The number of hydrogen-bond acceptors (Lipinski definition) is 5. The number of halogens is 2. The largest absolute Gasteiger partial charge is 0.459 e. The van der Waals surface area contributed by atoms with E-state index < -0.39 is 18.0 Å². The van der Waals surface area contributed by atoms with Crippen LogP contribution in [0.25, 0.3) is 0 Å². The molecule has 0 saturated heterocycles. The van der Waals surface area contributed by atoms with Crippen LogP contribution < -0.4 is 0 Å². The summed E-state index contributed by atoms with van der Waals surface area (Å²) in [7, 11) is 0. The first-order chi connectivity index (χ1) is 11.5. The van der Waals surface area contributed by atoms with Gasteiger partial charge in [0.15, 0.2) is 0 Å². The number of esters is 2. The van der Waals surface area contributed by atoms with Crippen LogP contribution in [0, 0.1) is 0 Å². The van der Waals surface area contributed by atoms with Crippen molar-refractivity contribution < 1.29 is 24.2 Å². The summed E-state index contributed by atoms with van der Waals surface area (Å²) in [6.45, 7) is -0.534. The van der Waals surface area contributed by atoms with E-state index in [1.807, 2.05) is 0 Å². The molecule has 24 heavy (non-hydrogen) atoms. The van der Waals surface area contributed by atoms with E-state index in [-0.39, 0.29) is 13.2 Å². The van der Waals surface area contributed by atoms with Crippen molar-refractivity contribution in [3.63, 3.8) is 0 Å². The molecule has 0 heterocycles. The molecule has 5 nitrogen and oxygen atoms in total. The lowest BCUT2D eigenvalue weighted by atomic mass is 10.2. The Bertz CT molecular complexity index is 671. The molecule has 0 aliphatic carbocycles. The highest BCUT2D eigenvalue weighted by Gasteiger charge is 2.14.